The van der Waals surface area contributed by atoms with E-state index in [1.807, 2.05) is 0 Å². The number of epoxide rings is 1. The van der Waals surface area contributed by atoms with E-state index in [2.05, 4.69) is 0 Å². The first-order chi connectivity index (χ1) is 6.28. The summed E-state index contributed by atoms with van der Waals surface area (Å²) in [6.45, 7) is 6.03. The zero-order valence-corrected chi connectivity index (χ0v) is 9.37. The molecule has 0 saturated carbocycles. The van der Waals surface area contributed by atoms with Crippen molar-refractivity contribution in [2.75, 3.05) is 13.1 Å². The van der Waals surface area contributed by atoms with Gasteiger partial charge >= 0.3 is 10.3 Å². The summed E-state index contributed by atoms with van der Waals surface area (Å²) in [5, 5.41) is 0. The summed E-state index contributed by atoms with van der Waals surface area (Å²) in [5.41, 5.74) is -0.674. The van der Waals surface area contributed by atoms with Crippen molar-refractivity contribution in [1.82, 2.24) is 4.31 Å². The highest BCUT2D eigenvalue weighted by atomic mass is 32.2. The number of hydrogen-bond donors (Lipinski definition) is 0. The van der Waals surface area contributed by atoms with Gasteiger partial charge in [-0.15, -0.1) is 0 Å². The van der Waals surface area contributed by atoms with Gasteiger partial charge in [0.05, 0.1) is 17.8 Å². The van der Waals surface area contributed by atoms with E-state index in [0.29, 0.717) is 13.1 Å². The van der Waals surface area contributed by atoms with Gasteiger partial charge in [0.2, 0.25) is 0 Å². The number of ether oxygens (including phenoxy) is 1. The van der Waals surface area contributed by atoms with Crippen molar-refractivity contribution in [2.45, 2.75) is 38.6 Å². The quantitative estimate of drug-likeness (QED) is 0.622. The number of hydrogen-bond acceptors (Lipinski definition) is 4. The predicted molar refractivity (Wildman–Crippen MR) is 50.0 cm³/mol. The van der Waals surface area contributed by atoms with Gasteiger partial charge in [0.15, 0.2) is 0 Å². The highest BCUT2D eigenvalue weighted by molar-refractivity contribution is 7.84. The summed E-state index contributed by atoms with van der Waals surface area (Å²) in [7, 11) is -3.57. The van der Waals surface area contributed by atoms with Crippen LogP contribution in [0.4, 0.5) is 0 Å². The molecule has 0 N–H and O–H groups in total. The second kappa shape index (κ2) is 2.91. The molecule has 0 spiro atoms. The third-order valence-corrected chi connectivity index (χ3v) is 3.77. The van der Waals surface area contributed by atoms with Crippen LogP contribution in [0.5, 0.6) is 0 Å². The molecule has 0 aromatic heterocycles. The van der Waals surface area contributed by atoms with Crippen LogP contribution in [-0.2, 0) is 19.2 Å². The number of morpholine rings is 1. The van der Waals surface area contributed by atoms with Crippen LogP contribution in [0.3, 0.4) is 0 Å². The Balaban J connectivity index is 2.02. The van der Waals surface area contributed by atoms with E-state index in [1.54, 1.807) is 20.8 Å². The molecule has 2 aliphatic heterocycles. The molecular weight excluding hydrogens is 206 g/mol. The summed E-state index contributed by atoms with van der Waals surface area (Å²) in [4.78, 5) is 0. The molecule has 2 rings (SSSR count). The summed E-state index contributed by atoms with van der Waals surface area (Å²) in [5.74, 6) is 0. The minimum absolute atomic E-state index is 0.105. The summed E-state index contributed by atoms with van der Waals surface area (Å²) < 4.78 is 34.8. The Bertz CT molecular complexity index is 322. The Morgan fingerprint density at radius 2 is 1.79 bits per heavy atom. The Morgan fingerprint density at radius 3 is 2.21 bits per heavy atom. The average Bonchev–Trinajstić information content (AvgIpc) is 2.53. The Morgan fingerprint density at radius 1 is 1.29 bits per heavy atom. The van der Waals surface area contributed by atoms with E-state index in [4.69, 9.17) is 8.92 Å². The van der Waals surface area contributed by atoms with Crippen molar-refractivity contribution < 1.29 is 17.3 Å². The second-order valence-electron chi connectivity index (χ2n) is 4.68. The molecule has 2 heterocycles. The van der Waals surface area contributed by atoms with Crippen LogP contribution < -0.4 is 0 Å². The molecule has 0 aromatic carbocycles. The average molecular weight is 221 g/mol. The number of fused-ring (bicyclic) bond motifs is 1. The normalized spacial score (nSPS) is 33.1. The lowest BCUT2D eigenvalue weighted by atomic mass is 10.2. The van der Waals surface area contributed by atoms with Crippen molar-refractivity contribution in [3.63, 3.8) is 0 Å². The highest BCUT2D eigenvalue weighted by Crippen LogP contribution is 2.33. The van der Waals surface area contributed by atoms with Crippen LogP contribution in [0.15, 0.2) is 0 Å². The van der Waals surface area contributed by atoms with Crippen molar-refractivity contribution in [1.29, 1.82) is 0 Å². The van der Waals surface area contributed by atoms with Crippen molar-refractivity contribution >= 4 is 10.3 Å². The fourth-order valence-corrected chi connectivity index (χ4v) is 2.92. The van der Waals surface area contributed by atoms with Gasteiger partial charge in [0, 0.05) is 13.1 Å². The molecular formula is C8H15NO4S. The molecule has 5 nitrogen and oxygen atoms in total. The molecule has 0 radical (unpaired) electrons. The highest BCUT2D eigenvalue weighted by Gasteiger charge is 2.51. The third kappa shape index (κ3) is 2.08. The van der Waals surface area contributed by atoms with Gasteiger partial charge in [0.1, 0.15) is 0 Å². The van der Waals surface area contributed by atoms with E-state index >= 15 is 0 Å². The van der Waals surface area contributed by atoms with Crippen molar-refractivity contribution in [3.8, 4) is 0 Å². The molecule has 2 atom stereocenters. The molecule has 0 unspecified atom stereocenters. The van der Waals surface area contributed by atoms with Crippen LogP contribution >= 0.6 is 0 Å². The molecule has 0 aliphatic carbocycles. The van der Waals surface area contributed by atoms with Gasteiger partial charge in [-0.3, -0.25) is 4.18 Å². The lowest BCUT2D eigenvalue weighted by Gasteiger charge is -2.24. The molecule has 14 heavy (non-hydrogen) atoms. The minimum atomic E-state index is -3.57. The molecule has 2 fully saturated rings. The van der Waals surface area contributed by atoms with Gasteiger partial charge in [-0.2, -0.15) is 12.7 Å². The van der Waals surface area contributed by atoms with E-state index in [-0.39, 0.29) is 12.2 Å². The maximum Gasteiger partial charge on any atom is 0.339 e. The molecule has 6 heteroatoms. The lowest BCUT2D eigenvalue weighted by Crippen LogP contribution is -2.37. The first kappa shape index (κ1) is 10.4. The lowest BCUT2D eigenvalue weighted by molar-refractivity contribution is 0.119. The molecule has 0 bridgehead atoms. The van der Waals surface area contributed by atoms with Crippen molar-refractivity contribution in [2.24, 2.45) is 0 Å². The summed E-state index contributed by atoms with van der Waals surface area (Å²) in [6, 6.07) is 0. The second-order valence-corrected chi connectivity index (χ2v) is 6.22. The van der Waals surface area contributed by atoms with E-state index in [9.17, 15) is 8.42 Å². The van der Waals surface area contributed by atoms with Crippen molar-refractivity contribution in [3.05, 3.63) is 0 Å². The fourth-order valence-electron chi connectivity index (χ4n) is 1.53. The molecule has 82 valence electrons. The Kier molecular flexibility index (Phi) is 2.15. The standard InChI is InChI=1S/C8H15NO4S/c1-8(2,3)13-14(10,11)9-4-6-7(5-9)12-6/h6-7H,4-5H2,1-3H3/t6-,7-/m1/s1. The fraction of sp³-hybridized carbons (Fsp3) is 1.00. The van der Waals surface area contributed by atoms with E-state index in [1.165, 1.54) is 4.31 Å². The van der Waals surface area contributed by atoms with Crippen LogP contribution in [0.2, 0.25) is 0 Å². The Labute approximate surface area is 84.2 Å². The van der Waals surface area contributed by atoms with Gasteiger partial charge in [-0.1, -0.05) is 0 Å². The van der Waals surface area contributed by atoms with Gasteiger partial charge in [0.25, 0.3) is 0 Å². The number of nitrogens with zero attached hydrogens (tertiary/aromatic N) is 1. The zero-order valence-electron chi connectivity index (χ0n) is 8.56. The SMILES string of the molecule is CC(C)(C)OS(=O)(=O)N1C[C@H]2O[C@@H]2C1. The predicted octanol–water partition coefficient (Wildman–Crippen LogP) is 0.129. The van der Waals surface area contributed by atoms with Crippen LogP contribution in [-0.4, -0.2) is 43.6 Å². The van der Waals surface area contributed by atoms with Crippen LogP contribution in [0, 0.1) is 0 Å². The summed E-state index contributed by atoms with van der Waals surface area (Å²) in [6.07, 6.45) is 0.210. The first-order valence-electron chi connectivity index (χ1n) is 4.64. The zero-order chi connectivity index (χ0) is 10.6. The Hall–Kier alpha value is -0.170. The van der Waals surface area contributed by atoms with Gasteiger partial charge in [-0.25, -0.2) is 0 Å². The van der Waals surface area contributed by atoms with E-state index < -0.39 is 15.9 Å². The molecule has 0 aromatic rings. The van der Waals surface area contributed by atoms with E-state index in [0.717, 1.165) is 0 Å². The maximum atomic E-state index is 11.7. The third-order valence-electron chi connectivity index (χ3n) is 2.13. The number of rotatable bonds is 2. The maximum absolute atomic E-state index is 11.7. The molecule has 0 amide bonds. The topological polar surface area (TPSA) is 59.1 Å². The largest absolute Gasteiger partial charge is 0.367 e. The van der Waals surface area contributed by atoms with Gasteiger partial charge in [-0.05, 0) is 20.8 Å². The minimum Gasteiger partial charge on any atom is -0.367 e. The molecule has 2 saturated heterocycles. The summed E-state index contributed by atoms with van der Waals surface area (Å²) >= 11 is 0. The first-order valence-corrected chi connectivity index (χ1v) is 6.01. The van der Waals surface area contributed by atoms with Crippen LogP contribution in [0.1, 0.15) is 20.8 Å². The van der Waals surface area contributed by atoms with Crippen LogP contribution in [0.25, 0.3) is 0 Å². The monoisotopic (exact) mass is 221 g/mol. The smallest absolute Gasteiger partial charge is 0.339 e. The van der Waals surface area contributed by atoms with Gasteiger partial charge < -0.3 is 4.74 Å². The molecule has 2 aliphatic rings.